The van der Waals surface area contributed by atoms with Crippen molar-refractivity contribution in [3.05, 3.63) is 46.4 Å². The van der Waals surface area contributed by atoms with Gasteiger partial charge in [-0.2, -0.15) is 0 Å². The Bertz CT molecular complexity index is 627. The standard InChI is InChI=1S/C17H20BrNO3/c1-11(2)22-17-15(18)8-12(9-16(17)21-3)10-19-13-4-6-14(20)7-5-13/h4-9,11,19-20H,10H2,1-3H3. The molecule has 0 amide bonds. The molecule has 0 aliphatic rings. The van der Waals surface area contributed by atoms with Gasteiger partial charge in [-0.3, -0.25) is 0 Å². The maximum atomic E-state index is 9.28. The minimum Gasteiger partial charge on any atom is -0.508 e. The number of phenols is 1. The average Bonchev–Trinajstić information content (AvgIpc) is 2.48. The van der Waals surface area contributed by atoms with Crippen LogP contribution in [-0.2, 0) is 6.54 Å². The van der Waals surface area contributed by atoms with Crippen molar-refractivity contribution in [1.29, 1.82) is 0 Å². The van der Waals surface area contributed by atoms with Crippen molar-refractivity contribution in [3.8, 4) is 17.2 Å². The van der Waals surface area contributed by atoms with E-state index in [4.69, 9.17) is 9.47 Å². The third kappa shape index (κ3) is 4.31. The Morgan fingerprint density at radius 2 is 1.86 bits per heavy atom. The lowest BCUT2D eigenvalue weighted by atomic mass is 10.2. The number of hydrogen-bond donors (Lipinski definition) is 2. The molecule has 2 aromatic rings. The zero-order valence-electron chi connectivity index (χ0n) is 12.9. The van der Waals surface area contributed by atoms with E-state index in [1.165, 1.54) is 0 Å². The number of ether oxygens (including phenoxy) is 2. The molecule has 2 N–H and O–H groups in total. The fourth-order valence-electron chi connectivity index (χ4n) is 2.01. The van der Waals surface area contributed by atoms with Crippen molar-refractivity contribution in [2.24, 2.45) is 0 Å². The molecule has 22 heavy (non-hydrogen) atoms. The Hall–Kier alpha value is -1.88. The molecule has 4 nitrogen and oxygen atoms in total. The van der Waals surface area contributed by atoms with Crippen LogP contribution in [0.15, 0.2) is 40.9 Å². The highest BCUT2D eigenvalue weighted by atomic mass is 79.9. The predicted octanol–water partition coefficient (Wildman–Crippen LogP) is 4.56. The molecule has 0 aliphatic heterocycles. The molecular weight excluding hydrogens is 346 g/mol. The van der Waals surface area contributed by atoms with Crippen molar-refractivity contribution in [1.82, 2.24) is 0 Å². The van der Waals surface area contributed by atoms with Gasteiger partial charge in [0.1, 0.15) is 5.75 Å². The average molecular weight is 366 g/mol. The van der Waals surface area contributed by atoms with Crippen LogP contribution in [-0.4, -0.2) is 18.3 Å². The monoisotopic (exact) mass is 365 g/mol. The van der Waals surface area contributed by atoms with Crippen molar-refractivity contribution in [2.75, 3.05) is 12.4 Å². The van der Waals surface area contributed by atoms with Gasteiger partial charge in [0.15, 0.2) is 11.5 Å². The number of benzene rings is 2. The van der Waals surface area contributed by atoms with Crippen molar-refractivity contribution in [3.63, 3.8) is 0 Å². The van der Waals surface area contributed by atoms with Gasteiger partial charge in [0.25, 0.3) is 0 Å². The lowest BCUT2D eigenvalue weighted by Gasteiger charge is -2.17. The van der Waals surface area contributed by atoms with Crippen LogP contribution in [0.5, 0.6) is 17.2 Å². The summed E-state index contributed by atoms with van der Waals surface area (Å²) in [7, 11) is 1.63. The SMILES string of the molecule is COc1cc(CNc2ccc(O)cc2)cc(Br)c1OC(C)C. The topological polar surface area (TPSA) is 50.7 Å². The first-order chi connectivity index (χ1) is 10.5. The molecule has 0 spiro atoms. The quantitative estimate of drug-likeness (QED) is 0.736. The number of hydrogen-bond acceptors (Lipinski definition) is 4. The van der Waals surface area contributed by atoms with Crippen molar-refractivity contribution >= 4 is 21.6 Å². The highest BCUT2D eigenvalue weighted by Crippen LogP contribution is 2.37. The van der Waals surface area contributed by atoms with Gasteiger partial charge < -0.3 is 19.9 Å². The molecule has 5 heteroatoms. The van der Waals surface area contributed by atoms with Crippen LogP contribution < -0.4 is 14.8 Å². The van der Waals surface area contributed by atoms with E-state index >= 15 is 0 Å². The third-order valence-corrected chi connectivity index (χ3v) is 3.60. The van der Waals surface area contributed by atoms with Crippen LogP contribution in [0.4, 0.5) is 5.69 Å². The zero-order chi connectivity index (χ0) is 16.1. The van der Waals surface area contributed by atoms with Crippen LogP contribution in [0.2, 0.25) is 0 Å². The molecule has 0 saturated carbocycles. The second-order valence-corrected chi connectivity index (χ2v) is 6.03. The van der Waals surface area contributed by atoms with E-state index in [2.05, 4.69) is 21.2 Å². The van der Waals surface area contributed by atoms with E-state index in [1.807, 2.05) is 38.1 Å². The first kappa shape index (κ1) is 16.5. The normalized spacial score (nSPS) is 10.6. The minimum atomic E-state index is 0.0752. The summed E-state index contributed by atoms with van der Waals surface area (Å²) in [4.78, 5) is 0. The van der Waals surface area contributed by atoms with Crippen LogP contribution >= 0.6 is 15.9 Å². The summed E-state index contributed by atoms with van der Waals surface area (Å²) >= 11 is 3.54. The molecule has 0 unspecified atom stereocenters. The third-order valence-electron chi connectivity index (χ3n) is 3.01. The molecule has 0 aliphatic carbocycles. The molecule has 2 aromatic carbocycles. The van der Waals surface area contributed by atoms with Gasteiger partial charge in [-0.25, -0.2) is 0 Å². The molecule has 0 fully saturated rings. The first-order valence-electron chi connectivity index (χ1n) is 7.05. The Kier molecular flexibility index (Phi) is 5.55. The highest BCUT2D eigenvalue weighted by molar-refractivity contribution is 9.10. The lowest BCUT2D eigenvalue weighted by Crippen LogP contribution is -2.08. The van der Waals surface area contributed by atoms with E-state index in [0.717, 1.165) is 15.7 Å². The Morgan fingerprint density at radius 3 is 2.45 bits per heavy atom. The summed E-state index contributed by atoms with van der Waals surface area (Å²) in [5, 5.41) is 12.6. The van der Waals surface area contributed by atoms with Gasteiger partial charge in [0.05, 0.1) is 17.7 Å². The van der Waals surface area contributed by atoms with Crippen LogP contribution in [0.1, 0.15) is 19.4 Å². The Labute approximate surface area is 139 Å². The Morgan fingerprint density at radius 1 is 1.18 bits per heavy atom. The van der Waals surface area contributed by atoms with Gasteiger partial charge in [-0.05, 0) is 71.7 Å². The molecule has 0 bridgehead atoms. The lowest BCUT2D eigenvalue weighted by molar-refractivity contribution is 0.228. The predicted molar refractivity (Wildman–Crippen MR) is 91.9 cm³/mol. The summed E-state index contributed by atoms with van der Waals surface area (Å²) in [6, 6.07) is 10.9. The minimum absolute atomic E-state index is 0.0752. The fraction of sp³-hybridized carbons (Fsp3) is 0.294. The zero-order valence-corrected chi connectivity index (χ0v) is 14.5. The highest BCUT2D eigenvalue weighted by Gasteiger charge is 2.13. The summed E-state index contributed by atoms with van der Waals surface area (Å²) in [5.41, 5.74) is 2.00. The maximum Gasteiger partial charge on any atom is 0.175 e. The number of halogens is 1. The van der Waals surface area contributed by atoms with Crippen LogP contribution in [0.25, 0.3) is 0 Å². The molecule has 0 aromatic heterocycles. The van der Waals surface area contributed by atoms with E-state index < -0.39 is 0 Å². The number of anilines is 1. The van der Waals surface area contributed by atoms with Crippen molar-refractivity contribution < 1.29 is 14.6 Å². The number of methoxy groups -OCH3 is 1. The Balaban J connectivity index is 2.14. The van der Waals surface area contributed by atoms with E-state index in [9.17, 15) is 5.11 Å². The van der Waals surface area contributed by atoms with Crippen LogP contribution in [0, 0.1) is 0 Å². The number of aromatic hydroxyl groups is 1. The number of phenolic OH excluding ortho intramolecular Hbond substituents is 1. The smallest absolute Gasteiger partial charge is 0.175 e. The summed E-state index contributed by atoms with van der Waals surface area (Å²) in [6.45, 7) is 4.60. The molecule has 0 atom stereocenters. The van der Waals surface area contributed by atoms with Crippen molar-refractivity contribution in [2.45, 2.75) is 26.5 Å². The number of nitrogens with one attached hydrogen (secondary N) is 1. The van der Waals surface area contributed by atoms with Gasteiger partial charge in [0, 0.05) is 12.2 Å². The van der Waals surface area contributed by atoms with Crippen LogP contribution in [0.3, 0.4) is 0 Å². The largest absolute Gasteiger partial charge is 0.508 e. The molecule has 0 heterocycles. The van der Waals surface area contributed by atoms with Gasteiger partial charge in [0.2, 0.25) is 0 Å². The fourth-order valence-corrected chi connectivity index (χ4v) is 2.59. The summed E-state index contributed by atoms with van der Waals surface area (Å²) < 4.78 is 12.1. The molecule has 0 radical (unpaired) electrons. The summed E-state index contributed by atoms with van der Waals surface area (Å²) in [5.74, 6) is 1.67. The van der Waals surface area contributed by atoms with Gasteiger partial charge in [-0.1, -0.05) is 0 Å². The summed E-state index contributed by atoms with van der Waals surface area (Å²) in [6.07, 6.45) is 0.0752. The van der Waals surface area contributed by atoms with E-state index in [1.54, 1.807) is 19.2 Å². The molecule has 118 valence electrons. The molecule has 0 saturated heterocycles. The van der Waals surface area contributed by atoms with Gasteiger partial charge in [-0.15, -0.1) is 0 Å². The maximum absolute atomic E-state index is 9.28. The molecule has 2 rings (SSSR count). The second kappa shape index (κ2) is 7.40. The number of rotatable bonds is 6. The van der Waals surface area contributed by atoms with E-state index in [0.29, 0.717) is 18.0 Å². The van der Waals surface area contributed by atoms with Gasteiger partial charge >= 0.3 is 0 Å². The first-order valence-corrected chi connectivity index (χ1v) is 7.85. The second-order valence-electron chi connectivity index (χ2n) is 5.18. The molecular formula is C17H20BrNO3. The van der Waals surface area contributed by atoms with E-state index in [-0.39, 0.29) is 11.9 Å².